The Kier molecular flexibility index (Phi) is 5.74. The Hall–Kier alpha value is -1.52. The molecule has 3 heterocycles. The van der Waals surface area contributed by atoms with Gasteiger partial charge in [0.1, 0.15) is 0 Å². The molecule has 1 aliphatic carbocycles. The fourth-order valence-electron chi connectivity index (χ4n) is 4.80. The number of hydrogen-bond acceptors (Lipinski definition) is 2. The van der Waals surface area contributed by atoms with E-state index in [1.807, 2.05) is 18.3 Å². The Balaban J connectivity index is 1.57. The topological polar surface area (TPSA) is 42.7 Å². The van der Waals surface area contributed by atoms with Gasteiger partial charge in [-0.05, 0) is 55.7 Å². The lowest BCUT2D eigenvalue weighted by Crippen LogP contribution is -2.31. The van der Waals surface area contributed by atoms with E-state index in [-0.39, 0.29) is 5.91 Å². The van der Waals surface area contributed by atoms with Crippen molar-refractivity contribution in [1.29, 1.82) is 0 Å². The van der Waals surface area contributed by atoms with Gasteiger partial charge in [-0.15, -0.1) is 0 Å². The van der Waals surface area contributed by atoms with Crippen LogP contribution < -0.4 is 5.32 Å². The standard InChI is InChI=1S/C22H29ClN2O2/c1-15-4-2-5-16(12-15)14-24-22(26)18-13-20(17-7-10-27-11-8-17)25-9-3-6-19(23)21(18)25/h3,6,9,13,15-17H,2,4-5,7-8,10-12,14H2,1H3,(H,24,26). The summed E-state index contributed by atoms with van der Waals surface area (Å²) in [6.45, 7) is 4.63. The predicted octanol–water partition coefficient (Wildman–Crippen LogP) is 5.04. The summed E-state index contributed by atoms with van der Waals surface area (Å²) in [5.41, 5.74) is 2.70. The maximum absolute atomic E-state index is 13.0. The molecule has 0 radical (unpaired) electrons. The van der Waals surface area contributed by atoms with Crippen molar-refractivity contribution in [2.45, 2.75) is 51.4 Å². The van der Waals surface area contributed by atoms with Gasteiger partial charge in [-0.25, -0.2) is 0 Å². The zero-order valence-corrected chi connectivity index (χ0v) is 16.8. The van der Waals surface area contributed by atoms with Crippen molar-refractivity contribution in [3.63, 3.8) is 0 Å². The van der Waals surface area contributed by atoms with E-state index in [1.54, 1.807) is 0 Å². The number of nitrogens with one attached hydrogen (secondary N) is 1. The number of carbonyl (C=O) groups excluding carboxylic acids is 1. The highest BCUT2D eigenvalue weighted by Gasteiger charge is 2.25. The predicted molar refractivity (Wildman–Crippen MR) is 109 cm³/mol. The van der Waals surface area contributed by atoms with Crippen LogP contribution in [-0.4, -0.2) is 30.1 Å². The van der Waals surface area contributed by atoms with Gasteiger partial charge in [-0.2, -0.15) is 0 Å². The number of ether oxygens (including phenoxy) is 1. The van der Waals surface area contributed by atoms with Crippen LogP contribution in [-0.2, 0) is 4.74 Å². The van der Waals surface area contributed by atoms with Crippen LogP contribution in [0.2, 0.25) is 5.02 Å². The van der Waals surface area contributed by atoms with Crippen molar-refractivity contribution in [3.8, 4) is 0 Å². The highest BCUT2D eigenvalue weighted by atomic mass is 35.5. The van der Waals surface area contributed by atoms with E-state index < -0.39 is 0 Å². The van der Waals surface area contributed by atoms with Crippen LogP contribution in [0.5, 0.6) is 0 Å². The third-order valence-corrected chi connectivity index (χ3v) is 6.56. The zero-order chi connectivity index (χ0) is 18.8. The Labute approximate surface area is 166 Å². The van der Waals surface area contributed by atoms with E-state index in [9.17, 15) is 4.79 Å². The molecule has 1 amide bonds. The zero-order valence-electron chi connectivity index (χ0n) is 16.0. The number of rotatable bonds is 4. The molecule has 0 bridgehead atoms. The number of carbonyl (C=O) groups is 1. The lowest BCUT2D eigenvalue weighted by molar-refractivity contribution is 0.0843. The molecular weight excluding hydrogens is 360 g/mol. The molecule has 1 saturated heterocycles. The van der Waals surface area contributed by atoms with Gasteiger partial charge >= 0.3 is 0 Å². The first kappa shape index (κ1) is 18.8. The SMILES string of the molecule is CC1CCCC(CNC(=O)c2cc(C3CCOCC3)n3cccc(Cl)c23)C1. The second-order valence-electron chi connectivity index (χ2n) is 8.29. The summed E-state index contributed by atoms with van der Waals surface area (Å²) >= 11 is 6.50. The van der Waals surface area contributed by atoms with Crippen molar-refractivity contribution in [2.24, 2.45) is 11.8 Å². The van der Waals surface area contributed by atoms with Gasteiger partial charge in [-0.3, -0.25) is 4.79 Å². The fraction of sp³-hybridized carbons (Fsp3) is 0.591. The molecule has 2 aromatic rings. The molecule has 2 unspecified atom stereocenters. The quantitative estimate of drug-likeness (QED) is 0.796. The molecule has 2 fully saturated rings. The van der Waals surface area contributed by atoms with Gasteiger partial charge in [-0.1, -0.05) is 31.4 Å². The molecular formula is C22H29ClN2O2. The van der Waals surface area contributed by atoms with E-state index in [1.165, 1.54) is 31.4 Å². The van der Waals surface area contributed by atoms with Crippen LogP contribution >= 0.6 is 11.6 Å². The van der Waals surface area contributed by atoms with E-state index in [2.05, 4.69) is 22.7 Å². The highest BCUT2D eigenvalue weighted by Crippen LogP contribution is 2.33. The second kappa shape index (κ2) is 8.24. The van der Waals surface area contributed by atoms with Gasteiger partial charge in [0.2, 0.25) is 0 Å². The first-order valence-electron chi connectivity index (χ1n) is 10.3. The van der Waals surface area contributed by atoms with Crippen LogP contribution in [0.25, 0.3) is 5.52 Å². The molecule has 27 heavy (non-hydrogen) atoms. The molecule has 2 atom stereocenters. The van der Waals surface area contributed by atoms with Crippen LogP contribution in [0.3, 0.4) is 0 Å². The minimum Gasteiger partial charge on any atom is -0.381 e. The Bertz CT molecular complexity index is 810. The Morgan fingerprint density at radius 1 is 1.30 bits per heavy atom. The summed E-state index contributed by atoms with van der Waals surface area (Å²) < 4.78 is 7.62. The number of pyridine rings is 1. The van der Waals surface area contributed by atoms with Crippen molar-refractivity contribution in [1.82, 2.24) is 9.72 Å². The Morgan fingerprint density at radius 3 is 2.89 bits per heavy atom. The van der Waals surface area contributed by atoms with Crippen molar-refractivity contribution < 1.29 is 9.53 Å². The number of aromatic nitrogens is 1. The smallest absolute Gasteiger partial charge is 0.253 e. The Morgan fingerprint density at radius 2 is 2.11 bits per heavy atom. The second-order valence-corrected chi connectivity index (χ2v) is 8.70. The van der Waals surface area contributed by atoms with Gasteiger partial charge < -0.3 is 14.5 Å². The fourth-order valence-corrected chi connectivity index (χ4v) is 5.07. The highest BCUT2D eigenvalue weighted by molar-refractivity contribution is 6.34. The molecule has 0 aromatic carbocycles. The molecule has 146 valence electrons. The first-order chi connectivity index (χ1) is 13.1. The summed E-state index contributed by atoms with van der Waals surface area (Å²) in [5, 5.41) is 3.82. The molecule has 2 aliphatic rings. The number of hydrogen-bond donors (Lipinski definition) is 1. The average Bonchev–Trinajstić information content (AvgIpc) is 3.08. The molecule has 1 saturated carbocycles. The number of halogens is 1. The molecule has 1 aliphatic heterocycles. The number of nitrogens with zero attached hydrogens (tertiary/aromatic N) is 1. The molecule has 5 heteroatoms. The minimum absolute atomic E-state index is 0.00265. The van der Waals surface area contributed by atoms with E-state index in [0.717, 1.165) is 44.0 Å². The summed E-state index contributed by atoms with van der Waals surface area (Å²) in [4.78, 5) is 13.0. The van der Waals surface area contributed by atoms with Gasteiger partial charge in [0.05, 0.1) is 16.1 Å². The average molecular weight is 389 g/mol. The minimum atomic E-state index is -0.00265. The van der Waals surface area contributed by atoms with Crippen LogP contribution in [0.4, 0.5) is 0 Å². The molecule has 4 nitrogen and oxygen atoms in total. The van der Waals surface area contributed by atoms with Crippen LogP contribution in [0, 0.1) is 11.8 Å². The number of fused-ring (bicyclic) bond motifs is 1. The monoisotopic (exact) mass is 388 g/mol. The molecule has 4 rings (SSSR count). The van der Waals surface area contributed by atoms with Gasteiger partial charge in [0.25, 0.3) is 5.91 Å². The molecule has 1 N–H and O–H groups in total. The van der Waals surface area contributed by atoms with Gasteiger partial charge in [0, 0.05) is 37.6 Å². The van der Waals surface area contributed by atoms with Crippen molar-refractivity contribution in [2.75, 3.05) is 19.8 Å². The van der Waals surface area contributed by atoms with Crippen molar-refractivity contribution >= 4 is 23.0 Å². The summed E-state index contributed by atoms with van der Waals surface area (Å²) in [7, 11) is 0. The van der Waals surface area contributed by atoms with Crippen LogP contribution in [0.1, 0.15) is 67.4 Å². The van der Waals surface area contributed by atoms with E-state index >= 15 is 0 Å². The van der Waals surface area contributed by atoms with Crippen molar-refractivity contribution in [3.05, 3.63) is 40.7 Å². The van der Waals surface area contributed by atoms with Crippen LogP contribution in [0.15, 0.2) is 24.4 Å². The normalized spacial score (nSPS) is 24.2. The molecule has 2 aromatic heterocycles. The van der Waals surface area contributed by atoms with Gasteiger partial charge in [0.15, 0.2) is 0 Å². The number of amides is 1. The summed E-state index contributed by atoms with van der Waals surface area (Å²) in [6.07, 6.45) is 9.01. The molecule has 0 spiro atoms. The third-order valence-electron chi connectivity index (χ3n) is 6.25. The lowest BCUT2D eigenvalue weighted by atomic mass is 9.82. The van der Waals surface area contributed by atoms with E-state index in [4.69, 9.17) is 16.3 Å². The summed E-state index contributed by atoms with van der Waals surface area (Å²) in [6, 6.07) is 5.86. The maximum atomic E-state index is 13.0. The largest absolute Gasteiger partial charge is 0.381 e. The summed E-state index contributed by atoms with van der Waals surface area (Å²) in [5.74, 6) is 1.77. The first-order valence-corrected chi connectivity index (χ1v) is 10.7. The maximum Gasteiger partial charge on any atom is 0.253 e. The van der Waals surface area contributed by atoms with E-state index in [0.29, 0.717) is 22.4 Å². The third kappa shape index (κ3) is 4.02. The lowest BCUT2D eigenvalue weighted by Gasteiger charge is -2.26.